The minimum Gasteiger partial charge on any atom is -0.332 e. The molecule has 0 atom stereocenters. The number of rotatable bonds is 3. The predicted octanol–water partition coefficient (Wildman–Crippen LogP) is 4.11. The van der Waals surface area contributed by atoms with Crippen LogP contribution in [0.25, 0.3) is 10.2 Å². The molecule has 0 aliphatic heterocycles. The van der Waals surface area contributed by atoms with Crippen LogP contribution >= 0.6 is 11.3 Å². The van der Waals surface area contributed by atoms with Gasteiger partial charge in [-0.15, -0.1) is 0 Å². The Bertz CT molecular complexity index is 705. The molecule has 0 spiro atoms. The fourth-order valence-electron chi connectivity index (χ4n) is 1.85. The minimum atomic E-state index is 0.446. The monoisotopic (exact) mass is 265 g/mol. The first-order chi connectivity index (χ1) is 9.35. The topological polar surface area (TPSA) is 48.7 Å². The van der Waals surface area contributed by atoms with E-state index >= 15 is 0 Å². The second-order valence-corrected chi connectivity index (χ2v) is 5.17. The molecule has 0 saturated carbocycles. The van der Waals surface area contributed by atoms with Crippen molar-refractivity contribution in [1.29, 1.82) is 5.26 Å². The van der Waals surface area contributed by atoms with E-state index in [9.17, 15) is 0 Å². The largest absolute Gasteiger partial charge is 0.332 e. The molecule has 1 heterocycles. The van der Waals surface area contributed by atoms with Gasteiger partial charge in [-0.3, -0.25) is 0 Å². The van der Waals surface area contributed by atoms with E-state index in [4.69, 9.17) is 5.26 Å². The number of nitrogens with zero attached hydrogens (tertiary/aromatic N) is 2. The molecule has 1 N–H and O–H groups in total. The molecular formula is C15H11N3S. The van der Waals surface area contributed by atoms with E-state index in [1.54, 1.807) is 11.3 Å². The van der Waals surface area contributed by atoms with E-state index in [2.05, 4.69) is 22.4 Å². The van der Waals surface area contributed by atoms with Crippen LogP contribution in [0.4, 0.5) is 10.8 Å². The Hall–Kier alpha value is -2.38. The van der Waals surface area contributed by atoms with Gasteiger partial charge in [-0.05, 0) is 29.8 Å². The van der Waals surface area contributed by atoms with E-state index in [1.165, 1.54) is 4.70 Å². The van der Waals surface area contributed by atoms with Crippen LogP contribution in [0.2, 0.25) is 0 Å². The number of thiazole rings is 1. The van der Waals surface area contributed by atoms with Crippen molar-refractivity contribution in [3.05, 3.63) is 54.1 Å². The van der Waals surface area contributed by atoms with Gasteiger partial charge in [0.2, 0.25) is 0 Å². The van der Waals surface area contributed by atoms with Crippen molar-refractivity contribution in [2.24, 2.45) is 0 Å². The Morgan fingerprint density at radius 3 is 2.63 bits per heavy atom. The molecule has 3 nitrogen and oxygen atoms in total. The van der Waals surface area contributed by atoms with Crippen LogP contribution in [0, 0.1) is 11.3 Å². The number of aromatic nitrogens is 1. The third kappa shape index (κ3) is 2.56. The zero-order chi connectivity index (χ0) is 13.1. The molecule has 0 radical (unpaired) electrons. The van der Waals surface area contributed by atoms with Gasteiger partial charge in [0.15, 0.2) is 5.13 Å². The Morgan fingerprint density at radius 1 is 1.11 bits per heavy atom. The number of nitrogens with one attached hydrogen (secondary N) is 1. The second kappa shape index (κ2) is 5.09. The summed E-state index contributed by atoms with van der Waals surface area (Å²) in [5, 5.41) is 12.8. The second-order valence-electron chi connectivity index (χ2n) is 4.14. The molecule has 0 fully saturated rings. The lowest BCUT2D eigenvalue weighted by Crippen LogP contribution is -1.89. The van der Waals surface area contributed by atoms with Crippen molar-refractivity contribution < 1.29 is 0 Å². The number of benzene rings is 2. The first-order valence-electron chi connectivity index (χ1n) is 5.93. The average molecular weight is 265 g/mol. The van der Waals surface area contributed by atoms with Gasteiger partial charge in [0.05, 0.1) is 22.7 Å². The Kier molecular flexibility index (Phi) is 3.13. The lowest BCUT2D eigenvalue weighted by Gasteiger charge is -2.02. The molecular weight excluding hydrogens is 254 g/mol. The van der Waals surface area contributed by atoms with Gasteiger partial charge in [-0.25, -0.2) is 4.98 Å². The molecule has 0 saturated heterocycles. The number of nitriles is 1. The van der Waals surface area contributed by atoms with Crippen molar-refractivity contribution in [1.82, 2.24) is 4.98 Å². The fourth-order valence-corrected chi connectivity index (χ4v) is 2.73. The highest BCUT2D eigenvalue weighted by Gasteiger charge is 2.03. The van der Waals surface area contributed by atoms with Crippen LogP contribution in [0.1, 0.15) is 5.56 Å². The van der Waals surface area contributed by atoms with Crippen molar-refractivity contribution in [2.45, 2.75) is 6.42 Å². The van der Waals surface area contributed by atoms with Crippen LogP contribution in [0.15, 0.2) is 48.5 Å². The third-order valence-electron chi connectivity index (χ3n) is 2.78. The molecule has 0 aliphatic rings. The van der Waals surface area contributed by atoms with Crippen LogP contribution in [-0.2, 0) is 6.42 Å². The van der Waals surface area contributed by atoms with Crippen LogP contribution < -0.4 is 5.32 Å². The number of fused-ring (bicyclic) bond motifs is 1. The van der Waals surface area contributed by atoms with Gasteiger partial charge in [-0.2, -0.15) is 5.26 Å². The zero-order valence-corrected chi connectivity index (χ0v) is 10.9. The van der Waals surface area contributed by atoms with Gasteiger partial charge < -0.3 is 5.32 Å². The van der Waals surface area contributed by atoms with Crippen LogP contribution in [0.5, 0.6) is 0 Å². The van der Waals surface area contributed by atoms with Crippen molar-refractivity contribution in [2.75, 3.05) is 5.32 Å². The maximum absolute atomic E-state index is 8.63. The van der Waals surface area contributed by atoms with E-state index in [0.29, 0.717) is 6.42 Å². The smallest absolute Gasteiger partial charge is 0.188 e. The van der Waals surface area contributed by atoms with Crippen LogP contribution in [0.3, 0.4) is 0 Å². The Balaban J connectivity index is 1.82. The lowest BCUT2D eigenvalue weighted by molar-refractivity contribution is 1.26. The average Bonchev–Trinajstić information content (AvgIpc) is 2.83. The summed E-state index contributed by atoms with van der Waals surface area (Å²) in [6, 6.07) is 18.1. The number of para-hydroxylation sites is 1. The van der Waals surface area contributed by atoms with E-state index in [-0.39, 0.29) is 0 Å². The highest BCUT2D eigenvalue weighted by molar-refractivity contribution is 7.22. The number of hydrogen-bond donors (Lipinski definition) is 1. The molecule has 0 unspecified atom stereocenters. The highest BCUT2D eigenvalue weighted by atomic mass is 32.1. The normalized spacial score (nSPS) is 10.3. The summed E-state index contributed by atoms with van der Waals surface area (Å²) in [7, 11) is 0. The van der Waals surface area contributed by atoms with Gasteiger partial charge in [-0.1, -0.05) is 35.6 Å². The highest BCUT2D eigenvalue weighted by Crippen LogP contribution is 2.27. The molecule has 3 aromatic rings. The number of anilines is 2. The SMILES string of the molecule is N#CCc1ccc(Nc2nc3ccccc3s2)cc1. The molecule has 3 rings (SSSR count). The first-order valence-corrected chi connectivity index (χ1v) is 6.75. The maximum atomic E-state index is 8.63. The van der Waals surface area contributed by atoms with E-state index in [0.717, 1.165) is 21.9 Å². The van der Waals surface area contributed by atoms with E-state index in [1.807, 2.05) is 42.5 Å². The maximum Gasteiger partial charge on any atom is 0.188 e. The summed E-state index contributed by atoms with van der Waals surface area (Å²) >= 11 is 1.63. The van der Waals surface area contributed by atoms with Crippen molar-refractivity contribution in [3.8, 4) is 6.07 Å². The quantitative estimate of drug-likeness (QED) is 0.775. The standard InChI is InChI=1S/C15H11N3S/c16-10-9-11-5-7-12(8-6-11)17-15-18-13-3-1-2-4-14(13)19-15/h1-8H,9H2,(H,17,18). The van der Waals surface area contributed by atoms with Gasteiger partial charge in [0.1, 0.15) is 0 Å². The molecule has 1 aromatic heterocycles. The predicted molar refractivity (Wildman–Crippen MR) is 78.7 cm³/mol. The Morgan fingerprint density at radius 2 is 1.89 bits per heavy atom. The molecule has 19 heavy (non-hydrogen) atoms. The Labute approximate surface area is 115 Å². The van der Waals surface area contributed by atoms with Crippen molar-refractivity contribution >= 4 is 32.4 Å². The number of hydrogen-bond acceptors (Lipinski definition) is 4. The molecule has 92 valence electrons. The molecule has 4 heteroatoms. The summed E-state index contributed by atoms with van der Waals surface area (Å²) in [6.45, 7) is 0. The summed E-state index contributed by atoms with van der Waals surface area (Å²) < 4.78 is 1.17. The third-order valence-corrected chi connectivity index (χ3v) is 3.73. The first kappa shape index (κ1) is 11.7. The van der Waals surface area contributed by atoms with E-state index < -0.39 is 0 Å². The molecule has 0 aliphatic carbocycles. The molecule has 0 amide bonds. The van der Waals surface area contributed by atoms with Gasteiger partial charge >= 0.3 is 0 Å². The fraction of sp³-hybridized carbons (Fsp3) is 0.0667. The lowest BCUT2D eigenvalue weighted by atomic mass is 10.1. The van der Waals surface area contributed by atoms with Crippen molar-refractivity contribution in [3.63, 3.8) is 0 Å². The van der Waals surface area contributed by atoms with Crippen LogP contribution in [-0.4, -0.2) is 4.98 Å². The summed E-state index contributed by atoms with van der Waals surface area (Å²) in [5.41, 5.74) is 3.02. The summed E-state index contributed by atoms with van der Waals surface area (Å²) in [6.07, 6.45) is 0.446. The van der Waals surface area contributed by atoms with Gasteiger partial charge in [0, 0.05) is 5.69 Å². The minimum absolute atomic E-state index is 0.446. The molecule has 2 aromatic carbocycles. The zero-order valence-electron chi connectivity index (χ0n) is 10.1. The summed E-state index contributed by atoms with van der Waals surface area (Å²) in [5.74, 6) is 0. The summed E-state index contributed by atoms with van der Waals surface area (Å²) in [4.78, 5) is 4.52. The van der Waals surface area contributed by atoms with Gasteiger partial charge in [0.25, 0.3) is 0 Å². The molecule has 0 bridgehead atoms.